The van der Waals surface area contributed by atoms with Crippen LogP contribution in [0.2, 0.25) is 0 Å². The highest BCUT2D eigenvalue weighted by atomic mass is 16.2. The molecule has 1 saturated carbocycles. The number of rotatable bonds is 7. The molecule has 3 aliphatic heterocycles. The number of nitrogens with zero attached hydrogens (tertiary/aromatic N) is 3. The number of piperazine rings is 1. The van der Waals surface area contributed by atoms with Crippen LogP contribution in [0.25, 0.3) is 0 Å². The van der Waals surface area contributed by atoms with Crippen LogP contribution in [0.3, 0.4) is 0 Å². The Bertz CT molecular complexity index is 899. The van der Waals surface area contributed by atoms with Gasteiger partial charge in [-0.05, 0) is 48.4 Å². The normalized spacial score (nSPS) is 23.5. The molecule has 3 fully saturated rings. The standard InChI is InChI=1S/C24H33N5O3/c1-25-22(31)21(3-2-10-30)29-14-17-11-18(4-5-20(17)23(29)32)27-6-8-28(9-7-27)19-12-24(13-19)15-26-16-24/h4-5,10-11,19,21,26H,2-3,6-9,12-16H2,1H3,(H,25,31). The maximum Gasteiger partial charge on any atom is 0.255 e. The fourth-order valence-electron chi connectivity index (χ4n) is 5.91. The van der Waals surface area contributed by atoms with Crippen LogP contribution in [0.1, 0.15) is 41.6 Å². The zero-order chi connectivity index (χ0) is 22.3. The van der Waals surface area contributed by atoms with E-state index in [-0.39, 0.29) is 18.2 Å². The molecule has 0 radical (unpaired) electrons. The lowest BCUT2D eigenvalue weighted by molar-refractivity contribution is -0.125. The molecule has 172 valence electrons. The molecule has 1 atom stereocenters. The molecule has 2 N–H and O–H groups in total. The summed E-state index contributed by atoms with van der Waals surface area (Å²) in [6, 6.07) is 6.18. The number of amides is 2. The number of benzene rings is 1. The molecule has 1 aromatic rings. The summed E-state index contributed by atoms with van der Waals surface area (Å²) in [5, 5.41) is 6.05. The van der Waals surface area contributed by atoms with Crippen LogP contribution in [-0.4, -0.2) is 86.3 Å². The molecular weight excluding hydrogens is 406 g/mol. The first-order chi connectivity index (χ1) is 15.5. The van der Waals surface area contributed by atoms with Crippen molar-refractivity contribution in [2.75, 3.05) is 51.2 Å². The van der Waals surface area contributed by atoms with Gasteiger partial charge in [0.05, 0.1) is 0 Å². The molecule has 0 aromatic heterocycles. The van der Waals surface area contributed by atoms with E-state index >= 15 is 0 Å². The highest BCUT2D eigenvalue weighted by molar-refractivity contribution is 6.01. The quantitative estimate of drug-likeness (QED) is 0.606. The van der Waals surface area contributed by atoms with Crippen molar-refractivity contribution in [3.8, 4) is 0 Å². The van der Waals surface area contributed by atoms with Gasteiger partial charge < -0.3 is 25.2 Å². The predicted octanol–water partition coefficient (Wildman–Crippen LogP) is 0.610. The summed E-state index contributed by atoms with van der Waals surface area (Å²) in [4.78, 5) is 42.9. The molecule has 3 heterocycles. The van der Waals surface area contributed by atoms with Crippen molar-refractivity contribution in [3.63, 3.8) is 0 Å². The van der Waals surface area contributed by atoms with Gasteiger partial charge in [0.25, 0.3) is 5.91 Å². The van der Waals surface area contributed by atoms with Gasteiger partial charge in [-0.1, -0.05) is 0 Å². The maximum absolute atomic E-state index is 13.0. The largest absolute Gasteiger partial charge is 0.369 e. The number of hydrogen-bond acceptors (Lipinski definition) is 6. The van der Waals surface area contributed by atoms with Crippen molar-refractivity contribution in [3.05, 3.63) is 29.3 Å². The monoisotopic (exact) mass is 439 g/mol. The van der Waals surface area contributed by atoms with Crippen LogP contribution in [0.4, 0.5) is 5.69 Å². The van der Waals surface area contributed by atoms with Gasteiger partial charge in [0.15, 0.2) is 0 Å². The van der Waals surface area contributed by atoms with Crippen LogP contribution in [0.5, 0.6) is 0 Å². The molecule has 8 heteroatoms. The maximum atomic E-state index is 13.0. The first-order valence-corrected chi connectivity index (χ1v) is 11.8. The van der Waals surface area contributed by atoms with Crippen molar-refractivity contribution in [2.45, 2.75) is 44.3 Å². The Labute approximate surface area is 189 Å². The smallest absolute Gasteiger partial charge is 0.255 e. The van der Waals surface area contributed by atoms with Crippen molar-refractivity contribution >= 4 is 23.8 Å². The topological polar surface area (TPSA) is 85.0 Å². The van der Waals surface area contributed by atoms with Gasteiger partial charge in [-0.15, -0.1) is 0 Å². The second-order valence-electron chi connectivity index (χ2n) is 9.84. The third-order valence-corrected chi connectivity index (χ3v) is 7.94. The van der Waals surface area contributed by atoms with E-state index in [1.54, 1.807) is 11.9 Å². The number of nitrogens with one attached hydrogen (secondary N) is 2. The van der Waals surface area contributed by atoms with E-state index in [2.05, 4.69) is 26.5 Å². The summed E-state index contributed by atoms with van der Waals surface area (Å²) in [6.45, 7) is 6.98. The second kappa shape index (κ2) is 8.48. The molecule has 1 spiro atoms. The molecule has 8 nitrogen and oxygen atoms in total. The van der Waals surface area contributed by atoms with Gasteiger partial charge in [-0.2, -0.15) is 0 Å². The molecule has 2 saturated heterocycles. The minimum absolute atomic E-state index is 0.125. The van der Waals surface area contributed by atoms with E-state index in [0.29, 0.717) is 23.9 Å². The Balaban J connectivity index is 1.22. The third kappa shape index (κ3) is 3.69. The molecule has 32 heavy (non-hydrogen) atoms. The number of hydrogen-bond donors (Lipinski definition) is 2. The molecule has 1 aliphatic carbocycles. The summed E-state index contributed by atoms with van der Waals surface area (Å²) < 4.78 is 0. The molecule has 5 rings (SSSR count). The Hall–Kier alpha value is -2.45. The zero-order valence-corrected chi connectivity index (χ0v) is 18.8. The summed E-state index contributed by atoms with van der Waals surface area (Å²) in [6.07, 6.45) is 4.08. The number of carbonyl (C=O) groups excluding carboxylic acids is 3. The van der Waals surface area contributed by atoms with E-state index < -0.39 is 6.04 Å². The number of aldehydes is 1. The number of anilines is 1. The highest BCUT2D eigenvalue weighted by Gasteiger charge is 2.50. The average molecular weight is 440 g/mol. The van der Waals surface area contributed by atoms with Gasteiger partial charge in [-0.3, -0.25) is 14.5 Å². The lowest BCUT2D eigenvalue weighted by Crippen LogP contribution is -2.66. The van der Waals surface area contributed by atoms with E-state index in [0.717, 1.165) is 49.8 Å². The molecule has 4 aliphatic rings. The lowest BCUT2D eigenvalue weighted by atomic mass is 9.61. The average Bonchev–Trinajstić information content (AvgIpc) is 3.08. The summed E-state index contributed by atoms with van der Waals surface area (Å²) in [5.41, 5.74) is 3.39. The Morgan fingerprint density at radius 3 is 2.62 bits per heavy atom. The lowest BCUT2D eigenvalue weighted by Gasteiger charge is -2.58. The van der Waals surface area contributed by atoms with Crippen molar-refractivity contribution in [1.29, 1.82) is 0 Å². The first kappa shape index (κ1) is 21.4. The predicted molar refractivity (Wildman–Crippen MR) is 122 cm³/mol. The van der Waals surface area contributed by atoms with Crippen molar-refractivity contribution in [2.24, 2.45) is 5.41 Å². The van der Waals surface area contributed by atoms with Gasteiger partial charge in [0.2, 0.25) is 5.91 Å². The van der Waals surface area contributed by atoms with Crippen molar-refractivity contribution in [1.82, 2.24) is 20.4 Å². The van der Waals surface area contributed by atoms with E-state index in [4.69, 9.17) is 0 Å². The Kier molecular flexibility index (Phi) is 5.67. The van der Waals surface area contributed by atoms with Gasteiger partial charge in [0.1, 0.15) is 12.3 Å². The Morgan fingerprint density at radius 2 is 2.00 bits per heavy atom. The molecule has 2 amide bonds. The SMILES string of the molecule is CNC(=O)C(CCC=O)N1Cc2cc(N3CCN(C4CC5(CNC5)C4)CC3)ccc2C1=O. The van der Waals surface area contributed by atoms with Crippen LogP contribution in [-0.2, 0) is 16.1 Å². The van der Waals surface area contributed by atoms with Crippen LogP contribution in [0.15, 0.2) is 18.2 Å². The molecule has 1 unspecified atom stereocenters. The molecular formula is C24H33N5O3. The minimum Gasteiger partial charge on any atom is -0.369 e. The van der Waals surface area contributed by atoms with Gasteiger partial charge in [-0.25, -0.2) is 0 Å². The van der Waals surface area contributed by atoms with Gasteiger partial charge >= 0.3 is 0 Å². The van der Waals surface area contributed by atoms with E-state index in [9.17, 15) is 14.4 Å². The fourth-order valence-corrected chi connectivity index (χ4v) is 5.91. The number of likely N-dealkylation sites (N-methyl/N-ethyl adjacent to an activating group) is 1. The highest BCUT2D eigenvalue weighted by Crippen LogP contribution is 2.46. The van der Waals surface area contributed by atoms with E-state index in [1.165, 1.54) is 25.9 Å². The fraction of sp³-hybridized carbons (Fsp3) is 0.625. The molecule has 1 aromatic carbocycles. The van der Waals surface area contributed by atoms with Crippen molar-refractivity contribution < 1.29 is 14.4 Å². The Morgan fingerprint density at radius 1 is 1.25 bits per heavy atom. The molecule has 0 bridgehead atoms. The summed E-state index contributed by atoms with van der Waals surface area (Å²) in [7, 11) is 1.56. The second-order valence-corrected chi connectivity index (χ2v) is 9.84. The zero-order valence-electron chi connectivity index (χ0n) is 18.8. The van der Waals surface area contributed by atoms with Crippen LogP contribution >= 0.6 is 0 Å². The van der Waals surface area contributed by atoms with Crippen LogP contribution < -0.4 is 15.5 Å². The van der Waals surface area contributed by atoms with Crippen LogP contribution in [0, 0.1) is 5.41 Å². The van der Waals surface area contributed by atoms with E-state index in [1.807, 2.05) is 12.1 Å². The van der Waals surface area contributed by atoms with Gasteiger partial charge in [0, 0.05) is 76.6 Å². The first-order valence-electron chi connectivity index (χ1n) is 11.8. The minimum atomic E-state index is -0.617. The number of carbonyl (C=O) groups is 3. The summed E-state index contributed by atoms with van der Waals surface area (Å²) in [5.74, 6) is -0.347. The summed E-state index contributed by atoms with van der Waals surface area (Å²) >= 11 is 0. The third-order valence-electron chi connectivity index (χ3n) is 7.94. The number of fused-ring (bicyclic) bond motifs is 1.